The minimum absolute atomic E-state index is 0. The number of nitrogens with two attached hydrogens (primary N) is 9. The number of carbonyl (C=O) groups excluding carboxylic acids is 1. The van der Waals surface area contributed by atoms with E-state index in [9.17, 15) is 59.5 Å². The molecular formula is C92H155BrCl2N16O15S8Si2. The van der Waals surface area contributed by atoms with Crippen LogP contribution in [0.25, 0.3) is 5.57 Å². The lowest BCUT2D eigenvalue weighted by atomic mass is 9.93. The molecule has 1 unspecified atom stereocenters. The van der Waals surface area contributed by atoms with Gasteiger partial charge in [-0.2, -0.15) is 5.26 Å². The lowest BCUT2D eigenvalue weighted by Gasteiger charge is -2.37. The second-order valence-corrected chi connectivity index (χ2v) is 61.4. The monoisotopic (exact) mass is 2180 g/mol. The van der Waals surface area contributed by atoms with Crippen LogP contribution in [0, 0.1) is 11.3 Å². The van der Waals surface area contributed by atoms with Gasteiger partial charge < -0.3 is 42.0 Å². The summed E-state index contributed by atoms with van der Waals surface area (Å²) in [6.07, 6.45) is 2.56. The normalized spacial score (nSPS) is 13.1. The number of thiocarbonyl (C=S) groups is 1. The van der Waals surface area contributed by atoms with E-state index >= 15 is 0 Å². The molecule has 8 rings (SSSR count). The van der Waals surface area contributed by atoms with Crippen LogP contribution in [0.5, 0.6) is 0 Å². The van der Waals surface area contributed by atoms with E-state index in [1.54, 1.807) is 92.7 Å². The van der Waals surface area contributed by atoms with E-state index in [-0.39, 0.29) is 81.4 Å². The van der Waals surface area contributed by atoms with Crippen molar-refractivity contribution in [1.82, 2.24) is 24.4 Å². The molecular weight excluding hydrogens is 2030 g/mol. The Morgan fingerprint density at radius 3 is 0.926 bits per heavy atom. The van der Waals surface area contributed by atoms with Gasteiger partial charge in [-0.3, -0.25) is 8.82 Å². The molecule has 1 fully saturated rings. The number of carbonyl (C=O) groups is 1. The fourth-order valence-electron chi connectivity index (χ4n) is 9.66. The molecule has 0 aromatic heterocycles. The Bertz CT molecular complexity index is 5830. The van der Waals surface area contributed by atoms with Crippen LogP contribution < -0.4 is 57.7 Å². The van der Waals surface area contributed by atoms with Crippen molar-refractivity contribution >= 4 is 154 Å². The molecule has 1 aliphatic rings. The van der Waals surface area contributed by atoms with E-state index in [4.69, 9.17) is 69.8 Å². The molecule has 31 nitrogen and oxygen atoms in total. The minimum Gasteiger partial charge on any atom is -0.381 e. The molecule has 1 amide bonds. The summed E-state index contributed by atoms with van der Waals surface area (Å²) in [7, 11) is -16.5. The fraction of sp³-hybridized carbons (Fsp3) is 0.467. The van der Waals surface area contributed by atoms with Crippen LogP contribution in [-0.2, 0) is 107 Å². The van der Waals surface area contributed by atoms with Crippen LogP contribution >= 0.6 is 51.3 Å². The summed E-state index contributed by atoms with van der Waals surface area (Å²) in [4.78, 5) is 19.1. The van der Waals surface area contributed by atoms with Gasteiger partial charge in [-0.15, -0.1) is 29.8 Å². The highest BCUT2D eigenvalue weighted by Crippen LogP contribution is 2.39. The number of allylic oxidation sites excluding steroid dienone is 2. The second-order valence-electron chi connectivity index (χ2n) is 37.7. The van der Waals surface area contributed by atoms with Crippen LogP contribution in [-0.4, -0.2) is 164 Å². The molecule has 770 valence electrons. The van der Waals surface area contributed by atoms with Gasteiger partial charge in [-0.1, -0.05) is 169 Å². The van der Waals surface area contributed by atoms with Crippen molar-refractivity contribution in [2.75, 3.05) is 67.3 Å². The van der Waals surface area contributed by atoms with E-state index < -0.39 is 97.6 Å². The van der Waals surface area contributed by atoms with E-state index in [1.165, 1.54) is 79.1 Å². The first kappa shape index (κ1) is 136. The Hall–Kier alpha value is -6.67. The molecule has 1 heterocycles. The molecule has 0 saturated carbocycles. The lowest BCUT2D eigenvalue weighted by molar-refractivity contribution is -0.120. The summed E-state index contributed by atoms with van der Waals surface area (Å²) < 4.78 is 161. The van der Waals surface area contributed by atoms with Gasteiger partial charge >= 0.3 is 0 Å². The first-order chi connectivity index (χ1) is 60.5. The second kappa shape index (κ2) is 56.8. The first-order valence-corrected chi connectivity index (χ1v) is 60.7. The molecule has 1 atom stereocenters. The topological polar surface area (TPSA) is 552 Å². The zero-order valence-electron chi connectivity index (χ0n) is 83.8. The van der Waals surface area contributed by atoms with Crippen molar-refractivity contribution in [1.29, 1.82) is 5.26 Å². The maximum atomic E-state index is 13.0. The third kappa shape index (κ3) is 50.6. The summed E-state index contributed by atoms with van der Waals surface area (Å²) in [6.45, 7) is 56.1. The molecule has 1 aliphatic heterocycles. The van der Waals surface area contributed by atoms with Crippen molar-refractivity contribution in [3.63, 3.8) is 0 Å². The number of nitrogens with one attached hydrogen (secondary N) is 2. The van der Waals surface area contributed by atoms with Crippen molar-refractivity contribution in [2.45, 2.75) is 250 Å². The summed E-state index contributed by atoms with van der Waals surface area (Å²) >= 11 is 17.5. The fourth-order valence-corrected chi connectivity index (χ4v) is 22.2. The number of rotatable bonds is 21. The van der Waals surface area contributed by atoms with Gasteiger partial charge in [0.25, 0.3) is 0 Å². The number of sulfonamides is 6. The van der Waals surface area contributed by atoms with E-state index in [0.29, 0.717) is 9.79 Å². The predicted molar refractivity (Wildman–Crippen MR) is 576 cm³/mol. The van der Waals surface area contributed by atoms with Gasteiger partial charge in [-0.25, -0.2) is 89.9 Å². The molecule has 0 aliphatic carbocycles. The molecule has 0 radical (unpaired) electrons. The summed E-state index contributed by atoms with van der Waals surface area (Å²) in [6, 6.07) is 48.0. The number of hydrogen-bond acceptors (Lipinski definition) is 22. The summed E-state index contributed by atoms with van der Waals surface area (Å²) in [5.41, 5.74) is 21.5. The van der Waals surface area contributed by atoms with Gasteiger partial charge in [0.05, 0.1) is 45.9 Å². The van der Waals surface area contributed by atoms with Gasteiger partial charge in [0.2, 0.25) is 66.0 Å². The number of primary sulfonamides is 5. The zero-order chi connectivity index (χ0) is 107. The quantitative estimate of drug-likeness (QED) is 0.0138. The molecule has 0 spiro atoms. The van der Waals surface area contributed by atoms with Gasteiger partial charge in [-0.05, 0) is 311 Å². The van der Waals surface area contributed by atoms with Gasteiger partial charge in [0.15, 0.2) is 13.3 Å². The van der Waals surface area contributed by atoms with Crippen molar-refractivity contribution in [2.24, 2.45) is 52.1 Å². The van der Waals surface area contributed by atoms with Crippen molar-refractivity contribution in [3.8, 4) is 6.07 Å². The molecule has 44 heteroatoms. The average Bonchev–Trinajstić information content (AvgIpc) is 0.817. The van der Waals surface area contributed by atoms with Crippen LogP contribution in [0.15, 0.2) is 231 Å². The Balaban J connectivity index is -0.000000731. The number of alkyl halides is 2. The smallest absolute Gasteiger partial charge is 0.238 e. The number of ether oxygens (including phenoxy) is 1. The summed E-state index contributed by atoms with van der Waals surface area (Å²) in [5, 5.41) is 41.1. The molecule has 20 N–H and O–H groups in total. The number of benzene rings is 7. The Kier molecular flexibility index (Phi) is 56.7. The first-order valence-electron chi connectivity index (χ1n) is 41.7. The van der Waals surface area contributed by atoms with Gasteiger partial charge in [0.1, 0.15) is 29.9 Å². The molecule has 0 bridgehead atoms. The minimum atomic E-state index is -3.70. The van der Waals surface area contributed by atoms with Crippen LogP contribution in [0.1, 0.15) is 185 Å². The highest BCUT2D eigenvalue weighted by Gasteiger charge is 2.41. The average molecular weight is 2190 g/mol. The van der Waals surface area contributed by atoms with Crippen LogP contribution in [0.2, 0.25) is 36.3 Å². The van der Waals surface area contributed by atoms with E-state index in [1.807, 2.05) is 126 Å². The SMILES string of the molecule is C.C1CCOC1.C=C(C)C.C=C(C)c1ccc(S(N)(=O)=O)cc1.CC(C)(N)c1ccc(S(N)(=O)=O)cc1.CC(C)(NC(=O)CCl)c1ccc(S(N)(=O)=O)cc1.CN(C)C(C)(C)c1ccc(S(=O)(=O)N[Si](C)(C)C(C)(C)C)cc1.CN(C)C(C)(C)c1ccc(S(N)(=O)=N[Si](C)(C)C(C)(C)C)cc1.CN(C)C(C)(C)c1ccc(S(N)(=O)=O)cc1.N#CCCl.NC(N)=S.NS(=O)(=O)c1ccc(Br)cc1. The zero-order valence-corrected chi connectivity index (χ0v) is 95.4. The highest BCUT2D eigenvalue weighted by atomic mass is 79.9. The molecule has 1 saturated heterocycles. The molecule has 7 aromatic rings. The number of halogens is 3. The third-order valence-electron chi connectivity index (χ3n) is 21.6. The Morgan fingerprint density at radius 2 is 0.713 bits per heavy atom. The van der Waals surface area contributed by atoms with Crippen molar-refractivity contribution < 1.29 is 64.2 Å². The maximum absolute atomic E-state index is 13.0. The van der Waals surface area contributed by atoms with E-state index in [2.05, 4.69) is 177 Å². The van der Waals surface area contributed by atoms with Crippen LogP contribution in [0.3, 0.4) is 0 Å². The number of hydrogen-bond donors (Lipinski definition) is 11. The Morgan fingerprint density at radius 1 is 0.471 bits per heavy atom. The molecule has 136 heavy (non-hydrogen) atoms. The van der Waals surface area contributed by atoms with Crippen LogP contribution in [0.4, 0.5) is 0 Å². The number of amides is 1. The van der Waals surface area contributed by atoms with E-state index in [0.717, 1.165) is 56.6 Å². The highest BCUT2D eigenvalue weighted by molar-refractivity contribution is 9.10. The number of nitrogens with zero attached hydrogens (tertiary/aromatic N) is 5. The maximum Gasteiger partial charge on any atom is 0.238 e. The lowest BCUT2D eigenvalue weighted by Crippen LogP contribution is -2.54. The largest absolute Gasteiger partial charge is 0.381 e. The summed E-state index contributed by atoms with van der Waals surface area (Å²) in [5.74, 6) is -0.323. The third-order valence-corrected chi connectivity index (χ3v) is 42.4. The van der Waals surface area contributed by atoms with Gasteiger partial charge in [0, 0.05) is 39.8 Å². The standard InChI is InChI=1S/C17H33N3OSSi.C17H32N2O2SSi.C11H15ClN2O3S.C11H18N2O2S.C9H14N2O2S.C9H11NO2S.C6H6BrNO2S.C4H8O.C4H8.C2H2ClN.CH4N2S.CH4/c1-16(2,3)23(8,9)19-22(18,21)15-12-10-14(11-13-15)17(4,5)20(6)7;1-16(2,3)23(8,9)18-22(20,21)15-12-10-14(11-13-15)17(4,5)19(6)7;1-11(2,14-10(15)7-12)8-3-5-9(6-4-8)18(13,16)17;1-11(2,13(3)4)9-5-7-10(8-6-9)16(12,14)15;1-9(2,10)7-3-5-8(6-4-7)14(11,12)13;1-7(2)8-3-5-9(6-4-8)13(10,11)12;7-5-1-3-6(4-2-5)11(8,9)10;1-2-4-5-3-1;1-4(2)3;3-1-2-4;2-1(3)4;/h10-13H,1-9H3,(H2,18,19,21);10-13,18H,1-9H3;3-6H,7H2,1-2H3,(H,14,15)(H2,13,16,17);5-8H,1-4H3,(H2,12,14,15);3-6H,10H2,1-2H3,(H2,11,12,13);3-6H,1H2,2H3,(H2,10,11,12);1-4H,(H2,8,9,10);1-4H2;1H2,2-3H3;1H2;(H4,2,3,4);1H4. The number of nitriles is 1. The predicted octanol–water partition coefficient (Wildman–Crippen LogP) is 16.0. The molecule has 7 aromatic carbocycles. The van der Waals surface area contributed by atoms with Crippen molar-refractivity contribution in [3.05, 3.63) is 226 Å². The Labute approximate surface area is 843 Å².